The lowest BCUT2D eigenvalue weighted by atomic mass is 9.70. The van der Waals surface area contributed by atoms with Crippen LogP contribution in [0.4, 0.5) is 4.79 Å². The lowest BCUT2D eigenvalue weighted by Gasteiger charge is -2.47. The number of amides is 2. The summed E-state index contributed by atoms with van der Waals surface area (Å²) < 4.78 is 0. The van der Waals surface area contributed by atoms with E-state index < -0.39 is 0 Å². The molecule has 1 heterocycles. The second kappa shape index (κ2) is 4.31. The summed E-state index contributed by atoms with van der Waals surface area (Å²) in [6.45, 7) is 6.26. The van der Waals surface area contributed by atoms with Crippen molar-refractivity contribution in [2.24, 2.45) is 5.92 Å². The second-order valence-electron chi connectivity index (χ2n) is 5.54. The summed E-state index contributed by atoms with van der Waals surface area (Å²) >= 11 is 0. The SMILES string of the molecule is CCC1CCCCC12C(=N)NC(=O)N2C(C)C. The van der Waals surface area contributed by atoms with Gasteiger partial charge < -0.3 is 4.90 Å². The molecule has 17 heavy (non-hydrogen) atoms. The van der Waals surface area contributed by atoms with E-state index in [1.807, 2.05) is 18.7 Å². The molecule has 1 saturated heterocycles. The van der Waals surface area contributed by atoms with Crippen LogP contribution in [-0.2, 0) is 0 Å². The molecule has 1 aliphatic heterocycles. The van der Waals surface area contributed by atoms with Crippen molar-refractivity contribution in [3.05, 3.63) is 0 Å². The fourth-order valence-corrected chi connectivity index (χ4v) is 3.69. The van der Waals surface area contributed by atoms with Crippen LogP contribution in [0.15, 0.2) is 0 Å². The fourth-order valence-electron chi connectivity index (χ4n) is 3.69. The highest BCUT2D eigenvalue weighted by atomic mass is 16.2. The van der Waals surface area contributed by atoms with Crippen molar-refractivity contribution in [3.63, 3.8) is 0 Å². The number of amidine groups is 1. The lowest BCUT2D eigenvalue weighted by Crippen LogP contribution is -2.58. The van der Waals surface area contributed by atoms with Gasteiger partial charge in [-0.15, -0.1) is 0 Å². The molecule has 96 valence electrons. The van der Waals surface area contributed by atoms with Crippen molar-refractivity contribution in [2.75, 3.05) is 0 Å². The van der Waals surface area contributed by atoms with Crippen molar-refractivity contribution in [2.45, 2.75) is 64.5 Å². The van der Waals surface area contributed by atoms with E-state index in [4.69, 9.17) is 5.41 Å². The smallest absolute Gasteiger partial charge is 0.309 e. The molecule has 0 aromatic carbocycles. The molecular weight excluding hydrogens is 214 g/mol. The number of rotatable bonds is 2. The van der Waals surface area contributed by atoms with Crippen LogP contribution in [0.5, 0.6) is 0 Å². The minimum atomic E-state index is -0.335. The van der Waals surface area contributed by atoms with Gasteiger partial charge in [0.1, 0.15) is 11.4 Å². The molecular formula is C13H23N3O. The molecule has 1 spiro atoms. The molecule has 2 N–H and O–H groups in total. The van der Waals surface area contributed by atoms with Crippen molar-refractivity contribution in [3.8, 4) is 0 Å². The zero-order valence-electron chi connectivity index (χ0n) is 11.0. The van der Waals surface area contributed by atoms with Crippen LogP contribution in [0, 0.1) is 11.3 Å². The van der Waals surface area contributed by atoms with E-state index in [0.717, 1.165) is 25.7 Å². The van der Waals surface area contributed by atoms with Gasteiger partial charge >= 0.3 is 6.03 Å². The number of hydrogen-bond acceptors (Lipinski definition) is 2. The van der Waals surface area contributed by atoms with Crippen LogP contribution in [0.25, 0.3) is 0 Å². The number of carbonyl (C=O) groups is 1. The van der Waals surface area contributed by atoms with Gasteiger partial charge in [0.2, 0.25) is 0 Å². The average Bonchev–Trinajstić information content (AvgIpc) is 2.51. The van der Waals surface area contributed by atoms with Gasteiger partial charge in [0.25, 0.3) is 0 Å². The number of urea groups is 1. The van der Waals surface area contributed by atoms with Crippen LogP contribution in [0.3, 0.4) is 0 Å². The molecule has 2 amide bonds. The maximum atomic E-state index is 12.0. The molecule has 0 aromatic heterocycles. The third kappa shape index (κ3) is 1.65. The topological polar surface area (TPSA) is 56.2 Å². The van der Waals surface area contributed by atoms with Crippen LogP contribution >= 0.6 is 0 Å². The first-order chi connectivity index (χ1) is 8.04. The summed E-state index contributed by atoms with van der Waals surface area (Å²) in [6.07, 6.45) is 5.48. The van der Waals surface area contributed by atoms with E-state index in [9.17, 15) is 4.79 Å². The van der Waals surface area contributed by atoms with E-state index in [1.54, 1.807) is 0 Å². The predicted molar refractivity (Wildman–Crippen MR) is 68.2 cm³/mol. The number of nitrogens with zero attached hydrogens (tertiary/aromatic N) is 1. The molecule has 4 heteroatoms. The van der Waals surface area contributed by atoms with Crippen LogP contribution in [-0.4, -0.2) is 28.3 Å². The number of nitrogens with one attached hydrogen (secondary N) is 2. The Morgan fingerprint density at radius 2 is 2.24 bits per heavy atom. The highest BCUT2D eigenvalue weighted by Gasteiger charge is 2.55. The van der Waals surface area contributed by atoms with Crippen LogP contribution in [0.2, 0.25) is 0 Å². The summed E-state index contributed by atoms with van der Waals surface area (Å²) in [6, 6.07) is 0.0790. The first kappa shape index (κ1) is 12.4. The highest BCUT2D eigenvalue weighted by molar-refractivity contribution is 6.08. The Kier molecular flexibility index (Phi) is 3.15. The zero-order chi connectivity index (χ0) is 12.6. The molecule has 2 aliphatic rings. The van der Waals surface area contributed by atoms with Crippen molar-refractivity contribution in [1.29, 1.82) is 5.41 Å². The Balaban J connectivity index is 2.42. The molecule has 0 aromatic rings. The molecule has 2 fully saturated rings. The molecule has 2 rings (SSSR count). The van der Waals surface area contributed by atoms with Gasteiger partial charge in [-0.2, -0.15) is 0 Å². The third-order valence-electron chi connectivity index (χ3n) is 4.36. The quantitative estimate of drug-likeness (QED) is 0.762. The number of carbonyl (C=O) groups excluding carboxylic acids is 1. The van der Waals surface area contributed by atoms with Gasteiger partial charge in [0, 0.05) is 6.04 Å². The van der Waals surface area contributed by atoms with Crippen molar-refractivity contribution < 1.29 is 4.79 Å². The van der Waals surface area contributed by atoms with E-state index in [1.165, 1.54) is 6.42 Å². The Morgan fingerprint density at radius 1 is 1.53 bits per heavy atom. The largest absolute Gasteiger partial charge is 0.323 e. The highest BCUT2D eigenvalue weighted by Crippen LogP contribution is 2.44. The van der Waals surface area contributed by atoms with Crippen molar-refractivity contribution >= 4 is 11.9 Å². The predicted octanol–water partition coefficient (Wildman–Crippen LogP) is 2.74. The van der Waals surface area contributed by atoms with Crippen LogP contribution in [0.1, 0.15) is 52.9 Å². The van der Waals surface area contributed by atoms with Gasteiger partial charge in [-0.05, 0) is 32.6 Å². The van der Waals surface area contributed by atoms with Crippen LogP contribution < -0.4 is 5.32 Å². The Bertz CT molecular complexity index is 340. The zero-order valence-corrected chi connectivity index (χ0v) is 11.0. The molecule has 1 saturated carbocycles. The summed E-state index contributed by atoms with van der Waals surface area (Å²) in [7, 11) is 0. The minimum absolute atomic E-state index is 0.0784. The van der Waals surface area contributed by atoms with Gasteiger partial charge in [-0.3, -0.25) is 10.7 Å². The lowest BCUT2D eigenvalue weighted by molar-refractivity contribution is 0.0742. The summed E-state index contributed by atoms with van der Waals surface area (Å²) in [5, 5.41) is 10.9. The molecule has 1 aliphatic carbocycles. The maximum absolute atomic E-state index is 12.0. The molecule has 0 bridgehead atoms. The van der Waals surface area contributed by atoms with Gasteiger partial charge in [-0.1, -0.05) is 26.2 Å². The Morgan fingerprint density at radius 3 is 2.82 bits per heavy atom. The van der Waals surface area contributed by atoms with E-state index in [-0.39, 0.29) is 17.6 Å². The van der Waals surface area contributed by atoms with E-state index >= 15 is 0 Å². The maximum Gasteiger partial charge on any atom is 0.323 e. The third-order valence-corrected chi connectivity index (χ3v) is 4.36. The fraction of sp³-hybridized carbons (Fsp3) is 0.846. The molecule has 2 unspecified atom stereocenters. The Labute approximate surface area is 103 Å². The Hall–Kier alpha value is -1.06. The minimum Gasteiger partial charge on any atom is -0.309 e. The standard InChI is InChI=1S/C13H23N3O/c1-4-10-7-5-6-8-13(10)11(14)15-12(17)16(13)9(2)3/h9-10H,4-8H2,1-3H3,(H2,14,15,17). The van der Waals surface area contributed by atoms with E-state index in [2.05, 4.69) is 12.2 Å². The first-order valence-electron chi connectivity index (χ1n) is 6.73. The number of hydrogen-bond donors (Lipinski definition) is 2. The normalized spacial score (nSPS) is 33.6. The summed E-state index contributed by atoms with van der Waals surface area (Å²) in [5.41, 5.74) is -0.335. The summed E-state index contributed by atoms with van der Waals surface area (Å²) in [4.78, 5) is 14.0. The van der Waals surface area contributed by atoms with Gasteiger partial charge in [0.05, 0.1) is 0 Å². The summed E-state index contributed by atoms with van der Waals surface area (Å²) in [5.74, 6) is 0.868. The second-order valence-corrected chi connectivity index (χ2v) is 5.54. The molecule has 2 atom stereocenters. The van der Waals surface area contributed by atoms with Gasteiger partial charge in [0.15, 0.2) is 0 Å². The van der Waals surface area contributed by atoms with Crippen molar-refractivity contribution in [1.82, 2.24) is 10.2 Å². The molecule has 4 nitrogen and oxygen atoms in total. The van der Waals surface area contributed by atoms with E-state index in [0.29, 0.717) is 11.8 Å². The monoisotopic (exact) mass is 237 g/mol. The molecule has 0 radical (unpaired) electrons. The van der Waals surface area contributed by atoms with Gasteiger partial charge in [-0.25, -0.2) is 4.79 Å². The first-order valence-corrected chi connectivity index (χ1v) is 6.73. The average molecular weight is 237 g/mol.